The molecule has 0 bridgehead atoms. The number of carbonyl (C=O) groups is 1. The summed E-state index contributed by atoms with van der Waals surface area (Å²) in [5.74, 6) is 0.129. The molecule has 0 heterocycles. The van der Waals surface area contributed by atoms with Crippen LogP contribution < -0.4 is 5.32 Å². The quantitative estimate of drug-likeness (QED) is 0.733. The molecular weight excluding hydrogens is 188 g/mol. The number of hydrogen-bond donors (Lipinski definition) is 1. The highest BCUT2D eigenvalue weighted by Gasteiger charge is 2.15. The van der Waals surface area contributed by atoms with Gasteiger partial charge in [0.2, 0.25) is 5.91 Å². The van der Waals surface area contributed by atoms with Crippen LogP contribution in [0, 0.1) is 0 Å². The van der Waals surface area contributed by atoms with Gasteiger partial charge in [-0.1, -0.05) is 13.8 Å². The van der Waals surface area contributed by atoms with Gasteiger partial charge in [-0.2, -0.15) is 0 Å². The van der Waals surface area contributed by atoms with Crippen LogP contribution in [0.3, 0.4) is 0 Å². The molecule has 0 aromatic carbocycles. The maximum absolute atomic E-state index is 11.7. The summed E-state index contributed by atoms with van der Waals surface area (Å²) in [4.78, 5) is 13.9. The van der Waals surface area contributed by atoms with E-state index >= 15 is 0 Å². The summed E-state index contributed by atoms with van der Waals surface area (Å²) in [7, 11) is 0. The Labute approximate surface area is 94.2 Å². The van der Waals surface area contributed by atoms with Gasteiger partial charge in [0.1, 0.15) is 0 Å². The Bertz CT molecular complexity index is 179. The van der Waals surface area contributed by atoms with Crippen molar-refractivity contribution in [1.82, 2.24) is 10.2 Å². The SMILES string of the molecule is CCCN(CCC)CC(=O)NC(C)(C)C. The van der Waals surface area contributed by atoms with Crippen LogP contribution in [0.4, 0.5) is 0 Å². The Morgan fingerprint density at radius 3 is 1.93 bits per heavy atom. The van der Waals surface area contributed by atoms with Gasteiger partial charge in [0.15, 0.2) is 0 Å². The highest BCUT2D eigenvalue weighted by atomic mass is 16.2. The summed E-state index contributed by atoms with van der Waals surface area (Å²) in [5, 5.41) is 2.99. The third kappa shape index (κ3) is 8.43. The van der Waals surface area contributed by atoms with Crippen molar-refractivity contribution in [1.29, 1.82) is 0 Å². The maximum Gasteiger partial charge on any atom is 0.234 e. The number of rotatable bonds is 6. The predicted octanol–water partition coefficient (Wildman–Crippen LogP) is 2.02. The van der Waals surface area contributed by atoms with Gasteiger partial charge in [-0.3, -0.25) is 9.69 Å². The molecule has 90 valence electrons. The fourth-order valence-electron chi connectivity index (χ4n) is 1.56. The molecule has 0 aliphatic carbocycles. The summed E-state index contributed by atoms with van der Waals surface area (Å²) in [6.45, 7) is 12.9. The fraction of sp³-hybridized carbons (Fsp3) is 0.917. The number of hydrogen-bond acceptors (Lipinski definition) is 2. The van der Waals surface area contributed by atoms with E-state index in [0.29, 0.717) is 6.54 Å². The molecule has 15 heavy (non-hydrogen) atoms. The monoisotopic (exact) mass is 214 g/mol. The molecule has 0 aromatic rings. The summed E-state index contributed by atoms with van der Waals surface area (Å²) < 4.78 is 0. The second-order valence-corrected chi connectivity index (χ2v) is 5.07. The molecule has 0 aromatic heterocycles. The van der Waals surface area contributed by atoms with Gasteiger partial charge < -0.3 is 5.32 Å². The van der Waals surface area contributed by atoms with Crippen LogP contribution in [0.1, 0.15) is 47.5 Å². The van der Waals surface area contributed by atoms with Gasteiger partial charge >= 0.3 is 0 Å². The van der Waals surface area contributed by atoms with E-state index in [1.165, 1.54) is 0 Å². The van der Waals surface area contributed by atoms with E-state index in [4.69, 9.17) is 0 Å². The van der Waals surface area contributed by atoms with E-state index < -0.39 is 0 Å². The first-order valence-electron chi connectivity index (χ1n) is 5.92. The Hall–Kier alpha value is -0.570. The summed E-state index contributed by atoms with van der Waals surface area (Å²) in [6.07, 6.45) is 2.20. The van der Waals surface area contributed by atoms with Crippen molar-refractivity contribution in [3.8, 4) is 0 Å². The molecule has 0 saturated carbocycles. The summed E-state index contributed by atoms with van der Waals surface area (Å²) >= 11 is 0. The highest BCUT2D eigenvalue weighted by molar-refractivity contribution is 5.78. The molecule has 0 aliphatic rings. The number of carbonyl (C=O) groups excluding carboxylic acids is 1. The van der Waals surface area contributed by atoms with Crippen molar-refractivity contribution in [2.45, 2.75) is 53.0 Å². The molecule has 0 rings (SSSR count). The van der Waals surface area contributed by atoms with Crippen LogP contribution in [0.5, 0.6) is 0 Å². The van der Waals surface area contributed by atoms with Crippen LogP contribution in [-0.2, 0) is 4.79 Å². The van der Waals surface area contributed by atoms with Gasteiger partial charge in [0, 0.05) is 5.54 Å². The lowest BCUT2D eigenvalue weighted by molar-refractivity contribution is -0.123. The maximum atomic E-state index is 11.7. The van der Waals surface area contributed by atoms with Gasteiger partial charge in [-0.15, -0.1) is 0 Å². The zero-order valence-electron chi connectivity index (χ0n) is 10.9. The molecular formula is C12H26N2O. The minimum atomic E-state index is -0.124. The standard InChI is InChI=1S/C12H26N2O/c1-6-8-14(9-7-2)10-11(15)13-12(3,4)5/h6-10H2,1-5H3,(H,13,15). The average molecular weight is 214 g/mol. The minimum absolute atomic E-state index is 0.124. The molecule has 0 fully saturated rings. The van der Waals surface area contributed by atoms with Gasteiger partial charge in [0.25, 0.3) is 0 Å². The Kier molecular flexibility index (Phi) is 6.57. The van der Waals surface area contributed by atoms with E-state index in [2.05, 4.69) is 24.1 Å². The van der Waals surface area contributed by atoms with Crippen molar-refractivity contribution in [2.24, 2.45) is 0 Å². The Morgan fingerprint density at radius 2 is 1.60 bits per heavy atom. The molecule has 0 radical (unpaired) electrons. The molecule has 1 N–H and O–H groups in total. The Balaban J connectivity index is 3.99. The lowest BCUT2D eigenvalue weighted by atomic mass is 10.1. The molecule has 0 saturated heterocycles. The van der Waals surface area contributed by atoms with E-state index in [-0.39, 0.29) is 11.4 Å². The molecule has 0 unspecified atom stereocenters. The third-order valence-electron chi connectivity index (χ3n) is 1.96. The largest absolute Gasteiger partial charge is 0.350 e. The molecule has 1 amide bonds. The average Bonchev–Trinajstić information content (AvgIpc) is 2.00. The third-order valence-corrected chi connectivity index (χ3v) is 1.96. The van der Waals surface area contributed by atoms with Crippen LogP contribution in [-0.4, -0.2) is 36.0 Å². The van der Waals surface area contributed by atoms with Crippen LogP contribution in [0.15, 0.2) is 0 Å². The molecule has 3 nitrogen and oxygen atoms in total. The minimum Gasteiger partial charge on any atom is -0.350 e. The second-order valence-electron chi connectivity index (χ2n) is 5.07. The van der Waals surface area contributed by atoms with Crippen LogP contribution in [0.2, 0.25) is 0 Å². The van der Waals surface area contributed by atoms with Crippen molar-refractivity contribution in [2.75, 3.05) is 19.6 Å². The van der Waals surface area contributed by atoms with Crippen LogP contribution >= 0.6 is 0 Å². The van der Waals surface area contributed by atoms with Gasteiger partial charge in [0.05, 0.1) is 6.54 Å². The normalized spacial score (nSPS) is 11.9. The van der Waals surface area contributed by atoms with Crippen molar-refractivity contribution < 1.29 is 4.79 Å². The smallest absolute Gasteiger partial charge is 0.234 e. The second kappa shape index (κ2) is 6.83. The molecule has 0 atom stereocenters. The zero-order valence-corrected chi connectivity index (χ0v) is 10.9. The first-order valence-corrected chi connectivity index (χ1v) is 5.92. The summed E-state index contributed by atoms with van der Waals surface area (Å²) in [6, 6.07) is 0. The lowest BCUT2D eigenvalue weighted by Gasteiger charge is -2.25. The van der Waals surface area contributed by atoms with Crippen molar-refractivity contribution in [3.05, 3.63) is 0 Å². The van der Waals surface area contributed by atoms with Gasteiger partial charge in [-0.05, 0) is 46.7 Å². The first-order chi connectivity index (χ1) is 6.89. The number of nitrogens with zero attached hydrogens (tertiary/aromatic N) is 1. The molecule has 0 spiro atoms. The lowest BCUT2D eigenvalue weighted by Crippen LogP contribution is -2.46. The van der Waals surface area contributed by atoms with Crippen LogP contribution in [0.25, 0.3) is 0 Å². The molecule has 3 heteroatoms. The van der Waals surface area contributed by atoms with E-state index in [1.54, 1.807) is 0 Å². The van der Waals surface area contributed by atoms with E-state index in [9.17, 15) is 4.79 Å². The topological polar surface area (TPSA) is 32.3 Å². The fourth-order valence-corrected chi connectivity index (χ4v) is 1.56. The van der Waals surface area contributed by atoms with Crippen molar-refractivity contribution in [3.63, 3.8) is 0 Å². The predicted molar refractivity (Wildman–Crippen MR) is 64.9 cm³/mol. The van der Waals surface area contributed by atoms with Crippen molar-refractivity contribution >= 4 is 5.91 Å². The molecule has 0 aliphatic heterocycles. The van der Waals surface area contributed by atoms with E-state index in [1.807, 2.05) is 20.8 Å². The van der Waals surface area contributed by atoms with E-state index in [0.717, 1.165) is 25.9 Å². The highest BCUT2D eigenvalue weighted by Crippen LogP contribution is 1.99. The zero-order chi connectivity index (χ0) is 11.9. The number of nitrogens with one attached hydrogen (secondary N) is 1. The first kappa shape index (κ1) is 14.4. The number of amides is 1. The Morgan fingerprint density at radius 1 is 1.13 bits per heavy atom. The summed E-state index contributed by atoms with van der Waals surface area (Å²) in [5.41, 5.74) is -0.124. The van der Waals surface area contributed by atoms with Gasteiger partial charge in [-0.25, -0.2) is 0 Å².